The van der Waals surface area contributed by atoms with Crippen molar-refractivity contribution in [3.8, 4) is 0 Å². The molecular formula is C10H15F3N2OS. The van der Waals surface area contributed by atoms with Crippen LogP contribution in [0.4, 0.5) is 13.2 Å². The lowest BCUT2D eigenvalue weighted by Gasteiger charge is -2.18. The van der Waals surface area contributed by atoms with Crippen LogP contribution < -0.4 is 0 Å². The number of hydrogen-bond acceptors (Lipinski definition) is 4. The van der Waals surface area contributed by atoms with Gasteiger partial charge in [-0.1, -0.05) is 6.92 Å². The Morgan fingerprint density at radius 1 is 1.53 bits per heavy atom. The SMILES string of the molecule is CCC(O)CN(C)Cc1nc(C(F)(F)F)cs1. The van der Waals surface area contributed by atoms with Gasteiger partial charge in [0.15, 0.2) is 5.69 Å². The highest BCUT2D eigenvalue weighted by molar-refractivity contribution is 7.09. The number of aromatic nitrogens is 1. The van der Waals surface area contributed by atoms with Gasteiger partial charge in [0.2, 0.25) is 0 Å². The van der Waals surface area contributed by atoms with Crippen molar-refractivity contribution in [3.05, 3.63) is 16.1 Å². The number of aliphatic hydroxyl groups is 1. The first-order valence-corrected chi connectivity index (χ1v) is 6.09. The molecule has 0 saturated carbocycles. The molecule has 0 spiro atoms. The van der Waals surface area contributed by atoms with Gasteiger partial charge in [0, 0.05) is 11.9 Å². The Morgan fingerprint density at radius 2 is 2.18 bits per heavy atom. The molecule has 0 saturated heterocycles. The van der Waals surface area contributed by atoms with E-state index < -0.39 is 18.0 Å². The lowest BCUT2D eigenvalue weighted by Crippen LogP contribution is -2.28. The van der Waals surface area contributed by atoms with Crippen molar-refractivity contribution in [3.63, 3.8) is 0 Å². The highest BCUT2D eigenvalue weighted by atomic mass is 32.1. The third kappa shape index (κ3) is 4.61. The van der Waals surface area contributed by atoms with Crippen LogP contribution in [0.15, 0.2) is 5.38 Å². The number of aliphatic hydroxyl groups excluding tert-OH is 1. The average molecular weight is 268 g/mol. The molecule has 1 unspecified atom stereocenters. The monoisotopic (exact) mass is 268 g/mol. The second kappa shape index (κ2) is 5.79. The van der Waals surface area contributed by atoms with E-state index >= 15 is 0 Å². The fourth-order valence-corrected chi connectivity index (χ4v) is 2.18. The molecule has 17 heavy (non-hydrogen) atoms. The number of thiazole rings is 1. The molecule has 7 heteroatoms. The normalized spacial score (nSPS) is 14.3. The first kappa shape index (κ1) is 14.4. The van der Waals surface area contributed by atoms with Crippen LogP contribution in [0, 0.1) is 0 Å². The number of hydrogen-bond donors (Lipinski definition) is 1. The van der Waals surface area contributed by atoms with Gasteiger partial charge in [-0.3, -0.25) is 4.90 Å². The maximum Gasteiger partial charge on any atom is 0.434 e. The highest BCUT2D eigenvalue weighted by Crippen LogP contribution is 2.30. The van der Waals surface area contributed by atoms with E-state index in [0.717, 1.165) is 16.7 Å². The molecule has 0 radical (unpaired) electrons. The summed E-state index contributed by atoms with van der Waals surface area (Å²) in [4.78, 5) is 5.28. The van der Waals surface area contributed by atoms with Crippen molar-refractivity contribution in [2.24, 2.45) is 0 Å². The molecule has 3 nitrogen and oxygen atoms in total. The van der Waals surface area contributed by atoms with Gasteiger partial charge >= 0.3 is 6.18 Å². The molecule has 0 bridgehead atoms. The molecule has 1 atom stereocenters. The predicted octanol–water partition coefficient (Wildman–Crippen LogP) is 2.36. The van der Waals surface area contributed by atoms with Crippen molar-refractivity contribution in [1.29, 1.82) is 0 Å². The number of alkyl halides is 3. The van der Waals surface area contributed by atoms with E-state index in [0.29, 0.717) is 24.5 Å². The molecule has 1 aromatic heterocycles. The van der Waals surface area contributed by atoms with Crippen molar-refractivity contribution < 1.29 is 18.3 Å². The van der Waals surface area contributed by atoms with Crippen LogP contribution in [0.3, 0.4) is 0 Å². The fourth-order valence-electron chi connectivity index (χ4n) is 1.30. The Balaban J connectivity index is 2.55. The molecule has 0 aliphatic rings. The minimum Gasteiger partial charge on any atom is -0.392 e. The molecule has 0 aromatic carbocycles. The molecular weight excluding hydrogens is 253 g/mol. The molecule has 1 N–H and O–H groups in total. The number of rotatable bonds is 5. The summed E-state index contributed by atoms with van der Waals surface area (Å²) >= 11 is 0.985. The van der Waals surface area contributed by atoms with Crippen molar-refractivity contribution in [1.82, 2.24) is 9.88 Å². The van der Waals surface area contributed by atoms with E-state index in [9.17, 15) is 18.3 Å². The summed E-state index contributed by atoms with van der Waals surface area (Å²) < 4.78 is 36.9. The summed E-state index contributed by atoms with van der Waals surface area (Å²) in [6.07, 6.45) is -4.21. The molecule has 1 rings (SSSR count). The second-order valence-corrected chi connectivity index (χ2v) is 4.83. The van der Waals surface area contributed by atoms with Crippen molar-refractivity contribution >= 4 is 11.3 Å². The van der Waals surface area contributed by atoms with Crippen LogP contribution in [0.25, 0.3) is 0 Å². The Labute approximate surface area is 102 Å². The van der Waals surface area contributed by atoms with Crippen LogP contribution in [0.1, 0.15) is 24.0 Å². The van der Waals surface area contributed by atoms with E-state index in [4.69, 9.17) is 0 Å². The van der Waals surface area contributed by atoms with E-state index in [2.05, 4.69) is 4.98 Å². The van der Waals surface area contributed by atoms with Gasteiger partial charge in [0.1, 0.15) is 5.01 Å². The first-order chi connectivity index (χ1) is 7.82. The Morgan fingerprint density at radius 3 is 2.65 bits per heavy atom. The minimum atomic E-state index is -4.38. The van der Waals surface area contributed by atoms with Gasteiger partial charge in [-0.05, 0) is 13.5 Å². The lowest BCUT2D eigenvalue weighted by molar-refractivity contribution is -0.140. The average Bonchev–Trinajstić information content (AvgIpc) is 2.65. The van der Waals surface area contributed by atoms with Gasteiger partial charge in [-0.2, -0.15) is 13.2 Å². The van der Waals surface area contributed by atoms with Gasteiger partial charge in [0.05, 0.1) is 12.6 Å². The number of likely N-dealkylation sites (N-methyl/N-ethyl adjacent to an activating group) is 1. The minimum absolute atomic E-state index is 0.317. The van der Waals surface area contributed by atoms with Gasteiger partial charge in [-0.15, -0.1) is 11.3 Å². The van der Waals surface area contributed by atoms with Crippen LogP contribution in [0.2, 0.25) is 0 Å². The van der Waals surface area contributed by atoms with Crippen molar-refractivity contribution in [2.45, 2.75) is 32.2 Å². The summed E-state index contributed by atoms with van der Waals surface area (Å²) in [5.41, 5.74) is -0.845. The fraction of sp³-hybridized carbons (Fsp3) is 0.700. The quantitative estimate of drug-likeness (QED) is 0.890. The van der Waals surface area contributed by atoms with Gasteiger partial charge in [0.25, 0.3) is 0 Å². The third-order valence-corrected chi connectivity index (χ3v) is 3.07. The molecule has 98 valence electrons. The first-order valence-electron chi connectivity index (χ1n) is 5.21. The number of nitrogens with zero attached hydrogens (tertiary/aromatic N) is 2. The molecule has 0 amide bonds. The molecule has 0 fully saturated rings. The zero-order valence-corrected chi connectivity index (χ0v) is 10.5. The molecule has 0 aliphatic heterocycles. The molecule has 0 aliphatic carbocycles. The van der Waals surface area contributed by atoms with Crippen LogP contribution in [0.5, 0.6) is 0 Å². The zero-order chi connectivity index (χ0) is 13.1. The maximum absolute atomic E-state index is 12.3. The van der Waals surface area contributed by atoms with Crippen LogP contribution >= 0.6 is 11.3 Å². The molecule has 1 aromatic rings. The second-order valence-electron chi connectivity index (χ2n) is 3.88. The maximum atomic E-state index is 12.3. The van der Waals surface area contributed by atoms with Gasteiger partial charge in [-0.25, -0.2) is 4.98 Å². The Hall–Kier alpha value is -0.660. The van der Waals surface area contributed by atoms with Gasteiger partial charge < -0.3 is 5.11 Å². The Bertz CT molecular complexity index is 354. The van der Waals surface area contributed by atoms with Crippen LogP contribution in [-0.4, -0.2) is 34.7 Å². The summed E-state index contributed by atoms with van der Waals surface area (Å²) in [7, 11) is 1.74. The highest BCUT2D eigenvalue weighted by Gasteiger charge is 2.33. The smallest absolute Gasteiger partial charge is 0.392 e. The topological polar surface area (TPSA) is 36.4 Å². The van der Waals surface area contributed by atoms with E-state index in [1.165, 1.54) is 0 Å². The predicted molar refractivity (Wildman–Crippen MR) is 59.7 cm³/mol. The summed E-state index contributed by atoms with van der Waals surface area (Å²) in [6, 6.07) is 0. The van der Waals surface area contributed by atoms with E-state index in [-0.39, 0.29) is 0 Å². The lowest BCUT2D eigenvalue weighted by atomic mass is 10.2. The zero-order valence-electron chi connectivity index (χ0n) is 9.66. The Kier molecular flexibility index (Phi) is 4.91. The van der Waals surface area contributed by atoms with Crippen LogP contribution in [-0.2, 0) is 12.7 Å². The largest absolute Gasteiger partial charge is 0.434 e. The summed E-state index contributed by atoms with van der Waals surface area (Å²) in [5.74, 6) is 0. The third-order valence-electron chi connectivity index (χ3n) is 2.24. The summed E-state index contributed by atoms with van der Waals surface area (Å²) in [5, 5.41) is 10.8. The number of halogens is 3. The molecule has 1 heterocycles. The standard InChI is InChI=1S/C10H15F3N2OS/c1-3-7(16)4-15(2)5-9-14-8(6-17-9)10(11,12)13/h6-7,16H,3-5H2,1-2H3. The summed E-state index contributed by atoms with van der Waals surface area (Å²) in [6.45, 7) is 2.60. The van der Waals surface area contributed by atoms with Crippen molar-refractivity contribution in [2.75, 3.05) is 13.6 Å². The van der Waals surface area contributed by atoms with E-state index in [1.807, 2.05) is 6.92 Å². The van der Waals surface area contributed by atoms with E-state index in [1.54, 1.807) is 11.9 Å².